The largest absolute Gasteiger partial charge is 0.490 e. The summed E-state index contributed by atoms with van der Waals surface area (Å²) in [5, 5.41) is 6.14. The van der Waals surface area contributed by atoms with Crippen molar-refractivity contribution in [2.24, 2.45) is 5.92 Å². The van der Waals surface area contributed by atoms with Crippen LogP contribution in [0.4, 0.5) is 0 Å². The molecule has 1 fully saturated rings. The SMILES string of the molecule is O=C(CCNS(=O)(=O)c1ccc2c(c1)OCCCO2)NCCC1CCNC1. The first-order valence-corrected chi connectivity index (χ1v) is 10.9. The summed E-state index contributed by atoms with van der Waals surface area (Å²) in [6.45, 7) is 3.75. The summed E-state index contributed by atoms with van der Waals surface area (Å²) in [7, 11) is -3.71. The first-order chi connectivity index (χ1) is 13.0. The number of carbonyl (C=O) groups is 1. The van der Waals surface area contributed by atoms with Gasteiger partial charge in [-0.15, -0.1) is 0 Å². The molecular weight excluding hydrogens is 370 g/mol. The van der Waals surface area contributed by atoms with E-state index in [0.29, 0.717) is 37.2 Å². The maximum atomic E-state index is 12.4. The number of hydrogen-bond acceptors (Lipinski definition) is 6. The van der Waals surface area contributed by atoms with Crippen LogP contribution in [-0.2, 0) is 14.8 Å². The molecule has 1 unspecified atom stereocenters. The maximum absolute atomic E-state index is 12.4. The number of ether oxygens (including phenoxy) is 2. The molecule has 2 heterocycles. The van der Waals surface area contributed by atoms with Crippen LogP contribution in [0, 0.1) is 5.92 Å². The highest BCUT2D eigenvalue weighted by molar-refractivity contribution is 7.89. The lowest BCUT2D eigenvalue weighted by Crippen LogP contribution is -2.31. The maximum Gasteiger partial charge on any atom is 0.240 e. The number of benzene rings is 1. The molecule has 1 saturated heterocycles. The second kappa shape index (κ2) is 9.38. The standard InChI is InChI=1S/C18H27N3O5S/c22-18(20-8-5-14-4-7-19-13-14)6-9-21-27(23,24)15-2-3-16-17(12-15)26-11-1-10-25-16/h2-3,12,14,19,21H,1,4-11,13H2,(H,20,22). The highest BCUT2D eigenvalue weighted by Gasteiger charge is 2.19. The van der Waals surface area contributed by atoms with Gasteiger partial charge in [0.05, 0.1) is 18.1 Å². The monoisotopic (exact) mass is 397 g/mol. The Kier molecular flexibility index (Phi) is 6.92. The van der Waals surface area contributed by atoms with Crippen LogP contribution in [-0.4, -0.2) is 53.7 Å². The lowest BCUT2D eigenvalue weighted by atomic mass is 10.1. The van der Waals surface area contributed by atoms with E-state index in [9.17, 15) is 13.2 Å². The third-order valence-corrected chi connectivity index (χ3v) is 6.17. The van der Waals surface area contributed by atoms with E-state index >= 15 is 0 Å². The molecule has 0 bridgehead atoms. The highest BCUT2D eigenvalue weighted by Crippen LogP contribution is 2.31. The van der Waals surface area contributed by atoms with E-state index < -0.39 is 10.0 Å². The van der Waals surface area contributed by atoms with Crippen LogP contribution in [0.2, 0.25) is 0 Å². The van der Waals surface area contributed by atoms with Gasteiger partial charge in [-0.1, -0.05) is 0 Å². The number of carbonyl (C=O) groups excluding carboxylic acids is 1. The van der Waals surface area contributed by atoms with Crippen molar-refractivity contribution in [3.8, 4) is 11.5 Å². The lowest BCUT2D eigenvalue weighted by molar-refractivity contribution is -0.120. The fourth-order valence-electron chi connectivity index (χ4n) is 3.16. The van der Waals surface area contributed by atoms with Crippen LogP contribution in [0.1, 0.15) is 25.7 Å². The van der Waals surface area contributed by atoms with Gasteiger partial charge in [-0.2, -0.15) is 0 Å². The molecule has 1 atom stereocenters. The molecule has 3 N–H and O–H groups in total. The summed E-state index contributed by atoms with van der Waals surface area (Å²) in [6, 6.07) is 4.53. The van der Waals surface area contributed by atoms with Crippen molar-refractivity contribution in [2.45, 2.75) is 30.6 Å². The number of sulfonamides is 1. The number of hydrogen-bond donors (Lipinski definition) is 3. The van der Waals surface area contributed by atoms with Gasteiger partial charge < -0.3 is 20.1 Å². The van der Waals surface area contributed by atoms with Crippen LogP contribution in [0.5, 0.6) is 11.5 Å². The van der Waals surface area contributed by atoms with Gasteiger partial charge in [0, 0.05) is 32.0 Å². The predicted molar refractivity (Wildman–Crippen MR) is 100 cm³/mol. The van der Waals surface area contributed by atoms with Crippen LogP contribution in [0.25, 0.3) is 0 Å². The molecule has 0 radical (unpaired) electrons. The fraction of sp³-hybridized carbons (Fsp3) is 0.611. The van der Waals surface area contributed by atoms with Gasteiger partial charge in [-0.3, -0.25) is 4.79 Å². The van der Waals surface area contributed by atoms with Crippen LogP contribution < -0.4 is 24.8 Å². The predicted octanol–water partition coefficient (Wildman–Crippen LogP) is 0.632. The molecule has 8 nitrogen and oxygen atoms in total. The number of fused-ring (bicyclic) bond motifs is 1. The zero-order valence-corrected chi connectivity index (χ0v) is 16.1. The van der Waals surface area contributed by atoms with Crippen molar-refractivity contribution < 1.29 is 22.7 Å². The Balaban J connectivity index is 1.44. The van der Waals surface area contributed by atoms with Gasteiger partial charge in [0.15, 0.2) is 11.5 Å². The smallest absolute Gasteiger partial charge is 0.240 e. The van der Waals surface area contributed by atoms with Crippen molar-refractivity contribution in [1.82, 2.24) is 15.4 Å². The van der Waals surface area contributed by atoms with Gasteiger partial charge in [0.25, 0.3) is 0 Å². The molecule has 0 spiro atoms. The minimum atomic E-state index is -3.71. The lowest BCUT2D eigenvalue weighted by Gasteiger charge is -2.11. The van der Waals surface area contributed by atoms with E-state index in [1.165, 1.54) is 12.1 Å². The number of rotatable bonds is 8. The van der Waals surface area contributed by atoms with Gasteiger partial charge in [-0.05, 0) is 44.0 Å². The van der Waals surface area contributed by atoms with Crippen molar-refractivity contribution in [3.63, 3.8) is 0 Å². The molecule has 1 amide bonds. The van der Waals surface area contributed by atoms with Crippen molar-refractivity contribution in [2.75, 3.05) is 39.4 Å². The Morgan fingerprint density at radius 2 is 2.00 bits per heavy atom. The molecule has 9 heteroatoms. The van der Waals surface area contributed by atoms with Crippen LogP contribution in [0.15, 0.2) is 23.1 Å². The molecule has 2 aliphatic rings. The Hall–Kier alpha value is -1.84. The Bertz CT molecular complexity index is 747. The Morgan fingerprint density at radius 3 is 2.78 bits per heavy atom. The first kappa shape index (κ1) is 19.9. The normalized spacial score (nSPS) is 19.5. The van der Waals surface area contributed by atoms with E-state index in [1.807, 2.05) is 0 Å². The number of nitrogens with one attached hydrogen (secondary N) is 3. The van der Waals surface area contributed by atoms with Crippen molar-refractivity contribution in [1.29, 1.82) is 0 Å². The molecule has 27 heavy (non-hydrogen) atoms. The van der Waals surface area contributed by atoms with Crippen molar-refractivity contribution in [3.05, 3.63) is 18.2 Å². The third kappa shape index (κ3) is 5.82. The minimum Gasteiger partial charge on any atom is -0.490 e. The Morgan fingerprint density at radius 1 is 1.19 bits per heavy atom. The zero-order valence-electron chi connectivity index (χ0n) is 15.3. The molecule has 0 aromatic heterocycles. The van der Waals surface area contributed by atoms with Crippen molar-refractivity contribution >= 4 is 15.9 Å². The number of amides is 1. The molecule has 150 valence electrons. The first-order valence-electron chi connectivity index (χ1n) is 9.41. The topological polar surface area (TPSA) is 106 Å². The minimum absolute atomic E-state index is 0.0492. The third-order valence-electron chi connectivity index (χ3n) is 4.71. The highest BCUT2D eigenvalue weighted by atomic mass is 32.2. The summed E-state index contributed by atoms with van der Waals surface area (Å²) in [5.74, 6) is 1.43. The molecule has 2 aliphatic heterocycles. The summed E-state index contributed by atoms with van der Waals surface area (Å²) in [5.41, 5.74) is 0. The Labute approximate surface area is 160 Å². The summed E-state index contributed by atoms with van der Waals surface area (Å²) in [4.78, 5) is 12.0. The van der Waals surface area contributed by atoms with Gasteiger partial charge in [0.1, 0.15) is 0 Å². The molecule has 1 aromatic rings. The van der Waals surface area contributed by atoms with Gasteiger partial charge in [-0.25, -0.2) is 13.1 Å². The van der Waals surface area contributed by atoms with E-state index in [-0.39, 0.29) is 23.8 Å². The second-order valence-electron chi connectivity index (χ2n) is 6.80. The molecule has 1 aromatic carbocycles. The summed E-state index contributed by atoms with van der Waals surface area (Å²) >= 11 is 0. The average Bonchev–Trinajstić information content (AvgIpc) is 3.04. The van der Waals surface area contributed by atoms with Crippen LogP contribution in [0.3, 0.4) is 0 Å². The molecule has 0 saturated carbocycles. The van der Waals surface area contributed by atoms with Gasteiger partial charge in [0.2, 0.25) is 15.9 Å². The van der Waals surface area contributed by atoms with E-state index in [0.717, 1.165) is 32.4 Å². The van der Waals surface area contributed by atoms with Gasteiger partial charge >= 0.3 is 0 Å². The molecular formula is C18H27N3O5S. The average molecular weight is 397 g/mol. The van der Waals surface area contributed by atoms with Crippen LogP contribution >= 0.6 is 0 Å². The van der Waals surface area contributed by atoms with E-state index in [4.69, 9.17) is 9.47 Å². The zero-order chi connectivity index (χ0) is 19.1. The molecule has 0 aliphatic carbocycles. The summed E-state index contributed by atoms with van der Waals surface area (Å²) in [6.07, 6.45) is 2.95. The quantitative estimate of drug-likeness (QED) is 0.594. The van der Waals surface area contributed by atoms with E-state index in [1.54, 1.807) is 6.07 Å². The second-order valence-corrected chi connectivity index (χ2v) is 8.57. The summed E-state index contributed by atoms with van der Waals surface area (Å²) < 4.78 is 38.4. The fourth-order valence-corrected chi connectivity index (χ4v) is 4.20. The molecule has 3 rings (SSSR count). The van der Waals surface area contributed by atoms with E-state index in [2.05, 4.69) is 15.4 Å².